The molecule has 0 saturated carbocycles. The SMILES string of the molecule is CN(C)CCNC(=O)c1nnc2n1C1(CCN(c3ncccn3)CC1)COC2. The summed E-state index contributed by atoms with van der Waals surface area (Å²) in [5.74, 6) is 1.64. The van der Waals surface area contributed by atoms with Crippen molar-refractivity contribution in [2.24, 2.45) is 0 Å². The zero-order valence-electron chi connectivity index (χ0n) is 16.3. The Labute approximate surface area is 163 Å². The van der Waals surface area contributed by atoms with Crippen LogP contribution in [0.2, 0.25) is 0 Å². The Hall–Kier alpha value is -2.59. The third-order valence-electron chi connectivity index (χ3n) is 5.38. The molecule has 1 fully saturated rings. The van der Waals surface area contributed by atoms with Crippen molar-refractivity contribution in [2.45, 2.75) is 25.0 Å². The molecule has 1 saturated heterocycles. The van der Waals surface area contributed by atoms with Gasteiger partial charge in [-0.25, -0.2) is 9.97 Å². The molecule has 1 amide bonds. The minimum atomic E-state index is -0.309. The predicted octanol–water partition coefficient (Wildman–Crippen LogP) is -0.115. The van der Waals surface area contributed by atoms with Crippen molar-refractivity contribution in [2.75, 3.05) is 51.8 Å². The van der Waals surface area contributed by atoms with Gasteiger partial charge < -0.3 is 19.9 Å². The van der Waals surface area contributed by atoms with Crippen LogP contribution in [0, 0.1) is 0 Å². The van der Waals surface area contributed by atoms with E-state index in [0.29, 0.717) is 31.4 Å². The van der Waals surface area contributed by atoms with Gasteiger partial charge in [-0.1, -0.05) is 0 Å². The summed E-state index contributed by atoms with van der Waals surface area (Å²) >= 11 is 0. The molecule has 10 nitrogen and oxygen atoms in total. The quantitative estimate of drug-likeness (QED) is 0.759. The summed E-state index contributed by atoms with van der Waals surface area (Å²) in [6.07, 6.45) is 5.14. The van der Waals surface area contributed by atoms with E-state index in [1.165, 1.54) is 0 Å². The number of amides is 1. The molecule has 4 rings (SSSR count). The van der Waals surface area contributed by atoms with Crippen LogP contribution < -0.4 is 10.2 Å². The number of nitrogens with zero attached hydrogens (tertiary/aromatic N) is 7. The molecule has 4 heterocycles. The van der Waals surface area contributed by atoms with Crippen molar-refractivity contribution >= 4 is 11.9 Å². The van der Waals surface area contributed by atoms with Crippen LogP contribution in [-0.4, -0.2) is 82.4 Å². The highest BCUT2D eigenvalue weighted by molar-refractivity contribution is 5.90. The maximum absolute atomic E-state index is 12.7. The van der Waals surface area contributed by atoms with Crippen LogP contribution in [0.5, 0.6) is 0 Å². The van der Waals surface area contributed by atoms with E-state index in [9.17, 15) is 4.79 Å². The van der Waals surface area contributed by atoms with Crippen LogP contribution in [-0.2, 0) is 16.9 Å². The molecular weight excluding hydrogens is 360 g/mol. The molecular formula is C18H26N8O2. The lowest BCUT2D eigenvalue weighted by atomic mass is 9.86. The number of hydrogen-bond acceptors (Lipinski definition) is 8. The smallest absolute Gasteiger partial charge is 0.289 e. The second kappa shape index (κ2) is 7.80. The number of ether oxygens (including phenoxy) is 1. The normalized spacial score (nSPS) is 18.3. The number of likely N-dealkylation sites (N-methyl/N-ethyl adjacent to an activating group) is 1. The molecule has 2 aromatic heterocycles. The number of carbonyl (C=O) groups is 1. The van der Waals surface area contributed by atoms with Gasteiger partial charge in [0.15, 0.2) is 5.82 Å². The zero-order chi connectivity index (χ0) is 19.6. The first-order valence-corrected chi connectivity index (χ1v) is 9.56. The zero-order valence-corrected chi connectivity index (χ0v) is 16.3. The molecule has 0 aliphatic carbocycles. The minimum absolute atomic E-state index is 0.185. The molecule has 0 aromatic carbocycles. The topological polar surface area (TPSA) is 101 Å². The van der Waals surface area contributed by atoms with Gasteiger partial charge in [0.25, 0.3) is 5.91 Å². The van der Waals surface area contributed by atoms with Crippen molar-refractivity contribution in [3.63, 3.8) is 0 Å². The fourth-order valence-corrected chi connectivity index (χ4v) is 3.87. The van der Waals surface area contributed by atoms with Crippen LogP contribution in [0.25, 0.3) is 0 Å². The first kappa shape index (κ1) is 18.8. The van der Waals surface area contributed by atoms with Gasteiger partial charge in [0.1, 0.15) is 6.61 Å². The molecule has 2 aromatic rings. The molecule has 150 valence electrons. The number of aromatic nitrogens is 5. The third kappa shape index (κ3) is 3.57. The Morgan fingerprint density at radius 1 is 1.25 bits per heavy atom. The largest absolute Gasteiger partial charge is 0.371 e. The van der Waals surface area contributed by atoms with Gasteiger partial charge in [0, 0.05) is 38.6 Å². The Morgan fingerprint density at radius 2 is 2.00 bits per heavy atom. The molecule has 0 bridgehead atoms. The van der Waals surface area contributed by atoms with Crippen molar-refractivity contribution in [3.05, 3.63) is 30.1 Å². The van der Waals surface area contributed by atoms with Crippen LogP contribution in [0.4, 0.5) is 5.95 Å². The number of carbonyl (C=O) groups excluding carboxylic acids is 1. The van der Waals surface area contributed by atoms with E-state index in [0.717, 1.165) is 38.4 Å². The predicted molar refractivity (Wildman–Crippen MR) is 102 cm³/mol. The van der Waals surface area contributed by atoms with Gasteiger partial charge in [-0.05, 0) is 33.0 Å². The van der Waals surface area contributed by atoms with E-state index in [4.69, 9.17) is 4.74 Å². The fourth-order valence-electron chi connectivity index (χ4n) is 3.87. The van der Waals surface area contributed by atoms with Gasteiger partial charge in [-0.2, -0.15) is 0 Å². The van der Waals surface area contributed by atoms with E-state index >= 15 is 0 Å². The standard InChI is InChI=1S/C18H26N8O2/c1-24(2)11-8-19-16(27)15-23-22-14-12-28-13-18(26(14)15)4-9-25(10-5-18)17-20-6-3-7-21-17/h3,6-7H,4-5,8-13H2,1-2H3,(H,19,27). The summed E-state index contributed by atoms with van der Waals surface area (Å²) in [7, 11) is 3.95. The lowest BCUT2D eigenvalue weighted by molar-refractivity contribution is -0.0127. The van der Waals surface area contributed by atoms with E-state index in [1.54, 1.807) is 12.4 Å². The molecule has 2 aliphatic heterocycles. The maximum Gasteiger partial charge on any atom is 0.289 e. The average Bonchev–Trinajstić information content (AvgIpc) is 3.15. The summed E-state index contributed by atoms with van der Waals surface area (Å²) in [6, 6.07) is 1.81. The van der Waals surface area contributed by atoms with E-state index < -0.39 is 0 Å². The van der Waals surface area contributed by atoms with Crippen molar-refractivity contribution < 1.29 is 9.53 Å². The van der Waals surface area contributed by atoms with E-state index in [1.807, 2.05) is 29.6 Å². The summed E-state index contributed by atoms with van der Waals surface area (Å²) < 4.78 is 7.84. The van der Waals surface area contributed by atoms with Crippen LogP contribution in [0.15, 0.2) is 18.5 Å². The summed E-state index contributed by atoms with van der Waals surface area (Å²) in [6.45, 7) is 3.84. The Balaban J connectivity index is 1.52. The molecule has 2 aliphatic rings. The van der Waals surface area contributed by atoms with Gasteiger partial charge in [0.05, 0.1) is 12.1 Å². The highest BCUT2D eigenvalue weighted by Crippen LogP contribution is 2.36. The number of rotatable bonds is 5. The van der Waals surface area contributed by atoms with Crippen molar-refractivity contribution in [1.82, 2.24) is 34.9 Å². The number of piperidine rings is 1. The molecule has 0 unspecified atom stereocenters. The van der Waals surface area contributed by atoms with Gasteiger partial charge >= 0.3 is 0 Å². The van der Waals surface area contributed by atoms with Gasteiger partial charge in [-0.3, -0.25) is 9.36 Å². The van der Waals surface area contributed by atoms with Crippen LogP contribution in [0.1, 0.15) is 29.3 Å². The summed E-state index contributed by atoms with van der Waals surface area (Å²) in [5, 5.41) is 11.4. The van der Waals surface area contributed by atoms with Crippen LogP contribution >= 0.6 is 0 Å². The summed E-state index contributed by atoms with van der Waals surface area (Å²) in [4.78, 5) is 25.6. The number of anilines is 1. The lowest BCUT2D eigenvalue weighted by Gasteiger charge is -2.45. The monoisotopic (exact) mass is 386 g/mol. The van der Waals surface area contributed by atoms with E-state index in [2.05, 4.69) is 30.4 Å². The first-order chi connectivity index (χ1) is 13.6. The Kier molecular flexibility index (Phi) is 5.23. The molecule has 0 atom stereocenters. The molecule has 1 spiro atoms. The van der Waals surface area contributed by atoms with Crippen LogP contribution in [0.3, 0.4) is 0 Å². The molecule has 28 heavy (non-hydrogen) atoms. The third-order valence-corrected chi connectivity index (χ3v) is 5.38. The minimum Gasteiger partial charge on any atom is -0.371 e. The number of hydrogen-bond donors (Lipinski definition) is 1. The number of nitrogens with one attached hydrogen (secondary N) is 1. The molecule has 1 N–H and O–H groups in total. The van der Waals surface area contributed by atoms with E-state index in [-0.39, 0.29) is 11.4 Å². The average molecular weight is 386 g/mol. The fraction of sp³-hybridized carbons (Fsp3) is 0.611. The Morgan fingerprint density at radius 3 is 2.71 bits per heavy atom. The second-order valence-corrected chi connectivity index (χ2v) is 7.59. The van der Waals surface area contributed by atoms with Gasteiger partial charge in [-0.15, -0.1) is 10.2 Å². The molecule has 10 heteroatoms. The maximum atomic E-state index is 12.7. The van der Waals surface area contributed by atoms with Crippen molar-refractivity contribution in [3.8, 4) is 0 Å². The second-order valence-electron chi connectivity index (χ2n) is 7.59. The first-order valence-electron chi connectivity index (χ1n) is 9.56. The summed E-state index contributed by atoms with van der Waals surface area (Å²) in [5.41, 5.74) is -0.309. The lowest BCUT2D eigenvalue weighted by Crippen LogP contribution is -2.53. The number of fused-ring (bicyclic) bond motifs is 2. The Bertz CT molecular complexity index is 814. The molecule has 0 radical (unpaired) electrons. The highest BCUT2D eigenvalue weighted by Gasteiger charge is 2.43. The van der Waals surface area contributed by atoms with Crippen molar-refractivity contribution in [1.29, 1.82) is 0 Å². The van der Waals surface area contributed by atoms with Gasteiger partial charge in [0.2, 0.25) is 11.8 Å². The highest BCUT2D eigenvalue weighted by atomic mass is 16.5.